The van der Waals surface area contributed by atoms with Gasteiger partial charge in [0.2, 0.25) is 0 Å². The molecule has 1 aromatic rings. The molecular formula is C11H15N3O3. The highest BCUT2D eigenvalue weighted by atomic mass is 16.6. The van der Waals surface area contributed by atoms with Crippen molar-refractivity contribution >= 4 is 17.3 Å². The van der Waals surface area contributed by atoms with Crippen LogP contribution >= 0.6 is 0 Å². The molecule has 0 fully saturated rings. The van der Waals surface area contributed by atoms with Crippen LogP contribution in [0.3, 0.4) is 0 Å². The SMILES string of the molecule is CCN(C)C(=O)c1cc(NC)ccc1[N+](=O)[O-]. The highest BCUT2D eigenvalue weighted by Crippen LogP contribution is 2.23. The van der Waals surface area contributed by atoms with Crippen LogP contribution in [0.5, 0.6) is 0 Å². The van der Waals surface area contributed by atoms with Crippen LogP contribution in [-0.4, -0.2) is 36.4 Å². The van der Waals surface area contributed by atoms with Gasteiger partial charge in [-0.3, -0.25) is 14.9 Å². The topological polar surface area (TPSA) is 75.5 Å². The lowest BCUT2D eigenvalue weighted by molar-refractivity contribution is -0.385. The van der Waals surface area contributed by atoms with Crippen molar-refractivity contribution in [1.29, 1.82) is 0 Å². The molecule has 1 rings (SSSR count). The number of benzene rings is 1. The summed E-state index contributed by atoms with van der Waals surface area (Å²) in [7, 11) is 3.30. The fourth-order valence-electron chi connectivity index (χ4n) is 1.37. The summed E-state index contributed by atoms with van der Waals surface area (Å²) in [6, 6.07) is 4.40. The van der Waals surface area contributed by atoms with Gasteiger partial charge in [0.15, 0.2) is 0 Å². The number of nitrogens with one attached hydrogen (secondary N) is 1. The Kier molecular flexibility index (Phi) is 4.03. The van der Waals surface area contributed by atoms with E-state index in [2.05, 4.69) is 5.32 Å². The van der Waals surface area contributed by atoms with Gasteiger partial charge in [-0.25, -0.2) is 0 Å². The first-order valence-corrected chi connectivity index (χ1v) is 5.23. The third-order valence-corrected chi connectivity index (χ3v) is 2.53. The molecule has 1 N–H and O–H groups in total. The van der Waals surface area contributed by atoms with Gasteiger partial charge >= 0.3 is 0 Å². The first kappa shape index (κ1) is 13.0. The van der Waals surface area contributed by atoms with Gasteiger partial charge in [0.05, 0.1) is 4.92 Å². The average Bonchev–Trinajstić information content (AvgIpc) is 2.35. The fraction of sp³-hybridized carbons (Fsp3) is 0.364. The lowest BCUT2D eigenvalue weighted by atomic mass is 10.1. The number of carbonyl (C=O) groups is 1. The van der Waals surface area contributed by atoms with Gasteiger partial charge in [-0.1, -0.05) is 0 Å². The van der Waals surface area contributed by atoms with E-state index in [1.807, 2.05) is 6.92 Å². The molecule has 0 bridgehead atoms. The second-order valence-electron chi connectivity index (χ2n) is 3.56. The monoisotopic (exact) mass is 237 g/mol. The Bertz CT molecular complexity index is 446. The maximum Gasteiger partial charge on any atom is 0.282 e. The van der Waals surface area contributed by atoms with E-state index in [0.717, 1.165) is 0 Å². The average molecular weight is 237 g/mol. The smallest absolute Gasteiger partial charge is 0.282 e. The van der Waals surface area contributed by atoms with Crippen molar-refractivity contribution in [1.82, 2.24) is 4.90 Å². The Morgan fingerprint density at radius 3 is 2.65 bits per heavy atom. The highest BCUT2D eigenvalue weighted by molar-refractivity contribution is 5.99. The third kappa shape index (κ3) is 2.72. The standard InChI is InChI=1S/C11H15N3O3/c1-4-13(3)11(15)9-7-8(12-2)5-6-10(9)14(16)17/h5-7,12H,4H2,1-3H3. The quantitative estimate of drug-likeness (QED) is 0.639. The van der Waals surface area contributed by atoms with E-state index >= 15 is 0 Å². The molecule has 6 heteroatoms. The van der Waals surface area contributed by atoms with Crippen LogP contribution in [0, 0.1) is 10.1 Å². The van der Waals surface area contributed by atoms with Gasteiger partial charge in [0.25, 0.3) is 11.6 Å². The van der Waals surface area contributed by atoms with Crippen LogP contribution in [0.15, 0.2) is 18.2 Å². The molecule has 0 aliphatic carbocycles. The van der Waals surface area contributed by atoms with Crippen LogP contribution < -0.4 is 5.32 Å². The number of carbonyl (C=O) groups excluding carboxylic acids is 1. The van der Waals surface area contributed by atoms with Gasteiger partial charge in [0, 0.05) is 32.4 Å². The molecular weight excluding hydrogens is 222 g/mol. The third-order valence-electron chi connectivity index (χ3n) is 2.53. The van der Waals surface area contributed by atoms with E-state index in [4.69, 9.17) is 0 Å². The molecule has 0 heterocycles. The van der Waals surface area contributed by atoms with Crippen molar-refractivity contribution < 1.29 is 9.72 Å². The fourth-order valence-corrected chi connectivity index (χ4v) is 1.37. The number of nitrogens with zero attached hydrogens (tertiary/aromatic N) is 2. The van der Waals surface area contributed by atoms with Crippen molar-refractivity contribution in [2.45, 2.75) is 6.92 Å². The Morgan fingerprint density at radius 2 is 2.18 bits per heavy atom. The molecule has 1 aromatic carbocycles. The molecule has 92 valence electrons. The number of hydrogen-bond donors (Lipinski definition) is 1. The molecule has 0 unspecified atom stereocenters. The summed E-state index contributed by atoms with van der Waals surface area (Å²) < 4.78 is 0. The zero-order valence-electron chi connectivity index (χ0n) is 10.1. The van der Waals surface area contributed by atoms with Crippen LogP contribution in [0.25, 0.3) is 0 Å². The molecule has 0 radical (unpaired) electrons. The highest BCUT2D eigenvalue weighted by Gasteiger charge is 2.22. The maximum absolute atomic E-state index is 12.0. The lowest BCUT2D eigenvalue weighted by Crippen LogP contribution is -2.27. The number of rotatable bonds is 4. The molecule has 0 aromatic heterocycles. The summed E-state index contributed by atoms with van der Waals surface area (Å²) in [5.41, 5.74) is 0.601. The van der Waals surface area contributed by atoms with Crippen LogP contribution in [0.1, 0.15) is 17.3 Å². The van der Waals surface area contributed by atoms with Crippen molar-refractivity contribution in [3.05, 3.63) is 33.9 Å². The predicted molar refractivity (Wildman–Crippen MR) is 65.3 cm³/mol. The van der Waals surface area contributed by atoms with Crippen LogP contribution in [0.2, 0.25) is 0 Å². The molecule has 17 heavy (non-hydrogen) atoms. The van der Waals surface area contributed by atoms with Gasteiger partial charge < -0.3 is 10.2 Å². The van der Waals surface area contributed by atoms with E-state index in [-0.39, 0.29) is 17.2 Å². The molecule has 0 atom stereocenters. The number of nitro benzene ring substituents is 1. The first-order valence-electron chi connectivity index (χ1n) is 5.23. The number of hydrogen-bond acceptors (Lipinski definition) is 4. The summed E-state index contributed by atoms with van der Waals surface area (Å²) in [6.45, 7) is 2.31. The minimum atomic E-state index is -0.545. The van der Waals surface area contributed by atoms with E-state index in [0.29, 0.717) is 12.2 Å². The first-order chi connectivity index (χ1) is 8.01. The summed E-state index contributed by atoms with van der Waals surface area (Å²) in [5.74, 6) is -0.351. The molecule has 0 saturated heterocycles. The van der Waals surface area contributed by atoms with Gasteiger partial charge in [-0.05, 0) is 19.1 Å². The van der Waals surface area contributed by atoms with E-state index in [1.165, 1.54) is 17.0 Å². The molecule has 0 aliphatic heterocycles. The predicted octanol–water partition coefficient (Wildman–Crippen LogP) is 1.73. The second kappa shape index (κ2) is 5.29. The van der Waals surface area contributed by atoms with Gasteiger partial charge in [-0.15, -0.1) is 0 Å². The van der Waals surface area contributed by atoms with Crippen molar-refractivity contribution in [2.75, 3.05) is 26.0 Å². The number of anilines is 1. The van der Waals surface area contributed by atoms with Crippen molar-refractivity contribution in [3.63, 3.8) is 0 Å². The number of amides is 1. The Labute approximate surface area is 99.4 Å². The molecule has 0 spiro atoms. The molecule has 6 nitrogen and oxygen atoms in total. The Morgan fingerprint density at radius 1 is 1.53 bits per heavy atom. The zero-order chi connectivity index (χ0) is 13.0. The van der Waals surface area contributed by atoms with Crippen molar-refractivity contribution in [2.24, 2.45) is 0 Å². The molecule has 0 saturated carbocycles. The van der Waals surface area contributed by atoms with Crippen molar-refractivity contribution in [3.8, 4) is 0 Å². The van der Waals surface area contributed by atoms with E-state index in [1.54, 1.807) is 20.2 Å². The van der Waals surface area contributed by atoms with Gasteiger partial charge in [-0.2, -0.15) is 0 Å². The number of nitro groups is 1. The second-order valence-corrected chi connectivity index (χ2v) is 3.56. The van der Waals surface area contributed by atoms with E-state index < -0.39 is 4.92 Å². The lowest BCUT2D eigenvalue weighted by Gasteiger charge is -2.15. The molecule has 0 aliphatic rings. The summed E-state index contributed by atoms with van der Waals surface area (Å²) in [5, 5.41) is 13.7. The summed E-state index contributed by atoms with van der Waals surface area (Å²) in [4.78, 5) is 23.7. The van der Waals surface area contributed by atoms with Gasteiger partial charge in [0.1, 0.15) is 5.56 Å². The minimum absolute atomic E-state index is 0.103. The summed E-state index contributed by atoms with van der Waals surface area (Å²) in [6.07, 6.45) is 0. The molecule has 1 amide bonds. The summed E-state index contributed by atoms with van der Waals surface area (Å²) >= 11 is 0. The Hall–Kier alpha value is -2.11. The van der Waals surface area contributed by atoms with Crippen LogP contribution in [0.4, 0.5) is 11.4 Å². The maximum atomic E-state index is 12.0. The normalized spacial score (nSPS) is 9.82. The Balaban J connectivity index is 3.26. The zero-order valence-corrected chi connectivity index (χ0v) is 10.1. The van der Waals surface area contributed by atoms with E-state index in [9.17, 15) is 14.9 Å². The van der Waals surface area contributed by atoms with Crippen LogP contribution in [-0.2, 0) is 0 Å². The largest absolute Gasteiger partial charge is 0.388 e. The minimum Gasteiger partial charge on any atom is -0.388 e.